The first kappa shape index (κ1) is 18.5. The van der Waals surface area contributed by atoms with Gasteiger partial charge in [0.15, 0.2) is 0 Å². The van der Waals surface area contributed by atoms with Crippen molar-refractivity contribution in [1.82, 2.24) is 4.90 Å². The zero-order valence-electron chi connectivity index (χ0n) is 14.6. The maximum absolute atomic E-state index is 12.8. The number of hydrogen-bond acceptors (Lipinski definition) is 4. The van der Waals surface area contributed by atoms with Crippen LogP contribution in [-0.4, -0.2) is 49.4 Å². The van der Waals surface area contributed by atoms with Gasteiger partial charge in [0, 0.05) is 37.7 Å². The van der Waals surface area contributed by atoms with Gasteiger partial charge in [-0.25, -0.2) is 0 Å². The highest BCUT2D eigenvalue weighted by atomic mass is 35.5. The monoisotopic (exact) mass is 379 g/mol. The molecule has 0 saturated carbocycles. The molecular formula is C18H22ClN3O4. The summed E-state index contributed by atoms with van der Waals surface area (Å²) in [4.78, 5) is 39.7. The second-order valence-electron chi connectivity index (χ2n) is 6.73. The molecule has 0 radical (unpaired) electrons. The number of rotatable bonds is 4. The molecule has 2 heterocycles. The van der Waals surface area contributed by atoms with E-state index in [0.717, 1.165) is 0 Å². The van der Waals surface area contributed by atoms with Crippen LogP contribution in [0.15, 0.2) is 18.2 Å². The number of hydrogen-bond donors (Lipinski definition) is 1. The molecule has 1 unspecified atom stereocenters. The van der Waals surface area contributed by atoms with E-state index in [1.54, 1.807) is 28.0 Å². The smallest absolute Gasteiger partial charge is 0.228 e. The van der Waals surface area contributed by atoms with Crippen molar-refractivity contribution in [2.24, 2.45) is 17.6 Å². The lowest BCUT2D eigenvalue weighted by molar-refractivity contribution is -0.138. The lowest BCUT2D eigenvalue weighted by Crippen LogP contribution is -2.44. The van der Waals surface area contributed by atoms with Crippen LogP contribution in [0.1, 0.15) is 19.3 Å². The molecule has 2 saturated heterocycles. The van der Waals surface area contributed by atoms with Crippen molar-refractivity contribution >= 4 is 35.0 Å². The second kappa shape index (κ2) is 7.53. The van der Waals surface area contributed by atoms with Crippen LogP contribution in [0.3, 0.4) is 0 Å². The average molecular weight is 380 g/mol. The Morgan fingerprint density at radius 1 is 1.23 bits per heavy atom. The minimum atomic E-state index is -0.381. The number of ether oxygens (including phenoxy) is 1. The third-order valence-corrected chi connectivity index (χ3v) is 5.43. The van der Waals surface area contributed by atoms with Crippen LogP contribution in [0.2, 0.25) is 5.02 Å². The molecule has 1 aromatic carbocycles. The summed E-state index contributed by atoms with van der Waals surface area (Å²) in [6.07, 6.45) is 1.34. The Hall–Kier alpha value is -2.28. The lowest BCUT2D eigenvalue weighted by atomic mass is 9.95. The predicted octanol–water partition coefficient (Wildman–Crippen LogP) is 1.43. The van der Waals surface area contributed by atoms with Gasteiger partial charge in [0.1, 0.15) is 5.75 Å². The van der Waals surface area contributed by atoms with Gasteiger partial charge in [0.05, 0.1) is 18.1 Å². The van der Waals surface area contributed by atoms with E-state index in [9.17, 15) is 14.4 Å². The summed E-state index contributed by atoms with van der Waals surface area (Å²) in [6, 6.07) is 5.13. The number of piperidine rings is 1. The number of carbonyl (C=O) groups excluding carboxylic acids is 3. The number of benzene rings is 1. The van der Waals surface area contributed by atoms with Gasteiger partial charge in [-0.3, -0.25) is 14.4 Å². The Labute approximate surface area is 157 Å². The Balaban J connectivity index is 1.65. The number of likely N-dealkylation sites (tertiary alicyclic amines) is 1. The first-order valence-corrected chi connectivity index (χ1v) is 9.00. The largest absolute Gasteiger partial charge is 0.495 e. The van der Waals surface area contributed by atoms with Gasteiger partial charge >= 0.3 is 0 Å². The number of halogens is 1. The second-order valence-corrected chi connectivity index (χ2v) is 7.13. The van der Waals surface area contributed by atoms with E-state index in [-0.39, 0.29) is 36.0 Å². The third kappa shape index (κ3) is 3.62. The Morgan fingerprint density at radius 2 is 1.92 bits per heavy atom. The summed E-state index contributed by atoms with van der Waals surface area (Å²) in [7, 11) is 1.53. The van der Waals surface area contributed by atoms with Gasteiger partial charge in [0.25, 0.3) is 0 Å². The molecule has 0 spiro atoms. The van der Waals surface area contributed by atoms with Gasteiger partial charge in [-0.1, -0.05) is 11.6 Å². The Morgan fingerprint density at radius 3 is 2.50 bits per heavy atom. The molecular weight excluding hydrogens is 358 g/mol. The molecule has 2 fully saturated rings. The Bertz CT molecular complexity index is 731. The van der Waals surface area contributed by atoms with E-state index in [0.29, 0.717) is 48.9 Å². The van der Waals surface area contributed by atoms with Gasteiger partial charge in [-0.05, 0) is 31.0 Å². The van der Waals surface area contributed by atoms with Crippen LogP contribution in [0.4, 0.5) is 5.69 Å². The molecule has 2 N–H and O–H groups in total. The first-order valence-electron chi connectivity index (χ1n) is 8.62. The highest BCUT2D eigenvalue weighted by molar-refractivity contribution is 6.32. The summed E-state index contributed by atoms with van der Waals surface area (Å²) in [6.45, 7) is 1.34. The number of methoxy groups -OCH3 is 1. The molecule has 7 nitrogen and oxygen atoms in total. The molecule has 3 rings (SSSR count). The third-order valence-electron chi connectivity index (χ3n) is 5.13. The number of nitrogens with zero attached hydrogens (tertiary/aromatic N) is 2. The lowest BCUT2D eigenvalue weighted by Gasteiger charge is -2.32. The Kier molecular flexibility index (Phi) is 5.36. The fraction of sp³-hybridized carbons (Fsp3) is 0.500. The molecule has 0 aliphatic carbocycles. The number of carbonyl (C=O) groups is 3. The quantitative estimate of drug-likeness (QED) is 0.856. The van der Waals surface area contributed by atoms with Crippen molar-refractivity contribution in [3.8, 4) is 5.75 Å². The van der Waals surface area contributed by atoms with Gasteiger partial charge in [-0.2, -0.15) is 0 Å². The van der Waals surface area contributed by atoms with Crippen molar-refractivity contribution in [3.63, 3.8) is 0 Å². The molecule has 3 amide bonds. The minimum Gasteiger partial charge on any atom is -0.495 e. The van der Waals surface area contributed by atoms with Crippen molar-refractivity contribution in [3.05, 3.63) is 23.2 Å². The van der Waals surface area contributed by atoms with Crippen LogP contribution >= 0.6 is 11.6 Å². The normalized spacial score (nSPS) is 21.2. The average Bonchev–Trinajstić information content (AvgIpc) is 3.02. The van der Waals surface area contributed by atoms with Crippen LogP contribution in [0.5, 0.6) is 5.75 Å². The van der Waals surface area contributed by atoms with Crippen LogP contribution in [-0.2, 0) is 14.4 Å². The predicted molar refractivity (Wildman–Crippen MR) is 97.0 cm³/mol. The molecule has 2 aliphatic rings. The maximum atomic E-state index is 12.8. The van der Waals surface area contributed by atoms with Crippen molar-refractivity contribution in [1.29, 1.82) is 0 Å². The van der Waals surface area contributed by atoms with Crippen molar-refractivity contribution in [2.45, 2.75) is 19.3 Å². The van der Waals surface area contributed by atoms with E-state index >= 15 is 0 Å². The zero-order chi connectivity index (χ0) is 18.8. The number of amides is 3. The highest BCUT2D eigenvalue weighted by Crippen LogP contribution is 2.33. The summed E-state index contributed by atoms with van der Waals surface area (Å²) < 4.78 is 5.12. The van der Waals surface area contributed by atoms with Gasteiger partial charge in [0.2, 0.25) is 17.7 Å². The summed E-state index contributed by atoms with van der Waals surface area (Å²) in [5, 5.41) is 0.418. The molecule has 0 bridgehead atoms. The minimum absolute atomic E-state index is 0.0385. The van der Waals surface area contributed by atoms with Crippen LogP contribution < -0.4 is 15.4 Å². The number of primary amides is 1. The van der Waals surface area contributed by atoms with Crippen LogP contribution in [0, 0.1) is 11.8 Å². The van der Waals surface area contributed by atoms with Crippen molar-refractivity contribution < 1.29 is 19.1 Å². The molecule has 1 aromatic rings. The molecule has 26 heavy (non-hydrogen) atoms. The van der Waals surface area contributed by atoms with E-state index in [2.05, 4.69) is 0 Å². The fourth-order valence-corrected chi connectivity index (χ4v) is 3.84. The topological polar surface area (TPSA) is 92.9 Å². The molecule has 8 heteroatoms. The molecule has 0 aromatic heterocycles. The molecule has 140 valence electrons. The number of nitrogens with two attached hydrogens (primary N) is 1. The van der Waals surface area contributed by atoms with E-state index in [1.807, 2.05) is 0 Å². The summed E-state index contributed by atoms with van der Waals surface area (Å²) >= 11 is 6.14. The summed E-state index contributed by atoms with van der Waals surface area (Å²) in [5.74, 6) is -0.460. The van der Waals surface area contributed by atoms with Crippen LogP contribution in [0.25, 0.3) is 0 Å². The maximum Gasteiger partial charge on any atom is 0.228 e. The van der Waals surface area contributed by atoms with Gasteiger partial charge < -0.3 is 20.3 Å². The standard InChI is InChI=1S/C18H22ClN3O4/c1-26-15-3-2-13(9-14(15)19)22-10-12(8-16(22)23)18(25)21-6-4-11(5-7-21)17(20)24/h2-3,9,11-12H,4-8,10H2,1H3,(H2,20,24). The number of anilines is 1. The SMILES string of the molecule is COc1ccc(N2CC(C(=O)N3CCC(C(N)=O)CC3)CC2=O)cc1Cl. The fourth-order valence-electron chi connectivity index (χ4n) is 3.59. The van der Waals surface area contributed by atoms with Gasteiger partial charge in [-0.15, -0.1) is 0 Å². The molecule has 2 aliphatic heterocycles. The van der Waals surface area contributed by atoms with E-state index < -0.39 is 0 Å². The van der Waals surface area contributed by atoms with Crippen molar-refractivity contribution in [2.75, 3.05) is 31.6 Å². The highest BCUT2D eigenvalue weighted by Gasteiger charge is 2.38. The van der Waals surface area contributed by atoms with E-state index in [1.165, 1.54) is 7.11 Å². The van der Waals surface area contributed by atoms with E-state index in [4.69, 9.17) is 22.1 Å². The zero-order valence-corrected chi connectivity index (χ0v) is 15.4. The first-order chi connectivity index (χ1) is 12.4. The molecule has 1 atom stereocenters. The summed E-state index contributed by atoms with van der Waals surface area (Å²) in [5.41, 5.74) is 5.99.